The molecule has 6 nitrogen and oxygen atoms in total. The van der Waals surface area contributed by atoms with Gasteiger partial charge >= 0.3 is 6.03 Å². The molecule has 0 radical (unpaired) electrons. The van der Waals surface area contributed by atoms with Gasteiger partial charge in [-0.05, 0) is 45.2 Å². The van der Waals surface area contributed by atoms with Gasteiger partial charge in [0.25, 0.3) is 0 Å². The number of urea groups is 1. The van der Waals surface area contributed by atoms with E-state index in [4.69, 9.17) is 11.1 Å². The third kappa shape index (κ3) is 5.69. The molecule has 0 saturated heterocycles. The predicted octanol–water partition coefficient (Wildman–Crippen LogP) is 1.72. The van der Waals surface area contributed by atoms with Crippen molar-refractivity contribution in [1.29, 1.82) is 5.41 Å². The number of nitrogens with two attached hydrogens (primary N) is 1. The maximum absolute atomic E-state index is 12.0. The van der Waals surface area contributed by atoms with Crippen molar-refractivity contribution in [2.45, 2.75) is 39.2 Å². The van der Waals surface area contributed by atoms with Crippen LogP contribution < -0.4 is 11.1 Å². The van der Waals surface area contributed by atoms with E-state index in [9.17, 15) is 4.79 Å². The minimum absolute atomic E-state index is 0.238. The molecule has 2 amide bonds. The van der Waals surface area contributed by atoms with Crippen molar-refractivity contribution in [3.05, 3.63) is 30.1 Å². The molecule has 0 spiro atoms. The van der Waals surface area contributed by atoms with Crippen molar-refractivity contribution in [2.24, 2.45) is 5.73 Å². The Kier molecular flexibility index (Phi) is 5.49. The fraction of sp³-hybridized carbons (Fsp3) is 0.500. The first-order chi connectivity index (χ1) is 9.29. The first-order valence-electron chi connectivity index (χ1n) is 6.62. The highest BCUT2D eigenvalue weighted by Crippen LogP contribution is 2.04. The van der Waals surface area contributed by atoms with Crippen LogP contribution >= 0.6 is 0 Å². The highest BCUT2D eigenvalue weighted by atomic mass is 16.2. The second kappa shape index (κ2) is 6.88. The molecule has 0 unspecified atom stereocenters. The second-order valence-electron chi connectivity index (χ2n) is 5.68. The fourth-order valence-corrected chi connectivity index (χ4v) is 1.71. The molecule has 6 heteroatoms. The van der Waals surface area contributed by atoms with Crippen LogP contribution in [0.25, 0.3) is 0 Å². The Morgan fingerprint density at radius 1 is 1.50 bits per heavy atom. The van der Waals surface area contributed by atoms with Crippen molar-refractivity contribution in [1.82, 2.24) is 15.2 Å². The van der Waals surface area contributed by atoms with E-state index in [1.807, 2.05) is 32.9 Å². The number of pyridine rings is 1. The predicted molar refractivity (Wildman–Crippen MR) is 79.5 cm³/mol. The lowest BCUT2D eigenvalue weighted by atomic mass is 10.1. The van der Waals surface area contributed by atoms with Gasteiger partial charge in [-0.15, -0.1) is 0 Å². The molecule has 0 aliphatic carbocycles. The van der Waals surface area contributed by atoms with Crippen molar-refractivity contribution < 1.29 is 4.79 Å². The third-order valence-electron chi connectivity index (χ3n) is 2.59. The summed E-state index contributed by atoms with van der Waals surface area (Å²) in [5, 5.41) is 10.3. The van der Waals surface area contributed by atoms with Crippen LogP contribution in [0.3, 0.4) is 0 Å². The van der Waals surface area contributed by atoms with E-state index >= 15 is 0 Å². The molecule has 0 atom stereocenters. The van der Waals surface area contributed by atoms with Gasteiger partial charge in [0.05, 0.1) is 0 Å². The molecule has 0 aliphatic rings. The van der Waals surface area contributed by atoms with E-state index in [0.717, 1.165) is 18.4 Å². The van der Waals surface area contributed by atoms with E-state index in [1.165, 1.54) is 4.90 Å². The average Bonchev–Trinajstić information content (AvgIpc) is 2.33. The Labute approximate surface area is 119 Å². The van der Waals surface area contributed by atoms with Gasteiger partial charge in [-0.1, -0.05) is 6.07 Å². The number of aryl methyl sites for hydroxylation is 1. The van der Waals surface area contributed by atoms with E-state index in [0.29, 0.717) is 6.54 Å². The zero-order chi connectivity index (χ0) is 15.2. The Morgan fingerprint density at radius 2 is 2.20 bits per heavy atom. The lowest BCUT2D eigenvalue weighted by Gasteiger charge is -2.27. The normalized spacial score (nSPS) is 10.9. The van der Waals surface area contributed by atoms with Crippen molar-refractivity contribution in [3.63, 3.8) is 0 Å². The Hall–Kier alpha value is -2.11. The first kappa shape index (κ1) is 15.9. The summed E-state index contributed by atoms with van der Waals surface area (Å²) >= 11 is 0. The summed E-state index contributed by atoms with van der Waals surface area (Å²) in [6.45, 7) is 6.07. The van der Waals surface area contributed by atoms with E-state index in [1.54, 1.807) is 12.4 Å². The smallest absolute Gasteiger partial charge is 0.324 e. The summed E-state index contributed by atoms with van der Waals surface area (Å²) in [5.41, 5.74) is 6.22. The molecule has 4 N–H and O–H groups in total. The van der Waals surface area contributed by atoms with Crippen LogP contribution in [0.4, 0.5) is 4.79 Å². The number of carbonyl (C=O) groups excluding carboxylic acids is 1. The van der Waals surface area contributed by atoms with Gasteiger partial charge in [0, 0.05) is 24.5 Å². The standard InChI is InChI=1S/C14H23N5O/c1-14(2,3)18-13(20)19(12(15)16)9-5-7-11-6-4-8-17-10-11/h4,6,8,10H,5,7,9H2,1-3H3,(H3,15,16)(H,18,20). The molecule has 0 fully saturated rings. The molecule has 110 valence electrons. The lowest BCUT2D eigenvalue weighted by molar-refractivity contribution is 0.210. The number of rotatable bonds is 4. The van der Waals surface area contributed by atoms with Crippen LogP contribution in [0.15, 0.2) is 24.5 Å². The largest absolute Gasteiger partial charge is 0.370 e. The van der Waals surface area contributed by atoms with Gasteiger partial charge in [-0.25, -0.2) is 4.79 Å². The third-order valence-corrected chi connectivity index (χ3v) is 2.59. The van der Waals surface area contributed by atoms with Crippen LogP contribution in [0.1, 0.15) is 32.8 Å². The molecular formula is C14H23N5O. The molecule has 0 saturated carbocycles. The Morgan fingerprint density at radius 3 is 2.70 bits per heavy atom. The minimum atomic E-state index is -0.353. The highest BCUT2D eigenvalue weighted by Gasteiger charge is 2.21. The lowest BCUT2D eigenvalue weighted by Crippen LogP contribution is -2.52. The SMILES string of the molecule is CC(C)(C)NC(=O)N(CCCc1cccnc1)C(=N)N. The Bertz CT molecular complexity index is 452. The molecular weight excluding hydrogens is 254 g/mol. The number of aromatic nitrogens is 1. The average molecular weight is 277 g/mol. The molecule has 0 aromatic carbocycles. The summed E-state index contributed by atoms with van der Waals surface area (Å²) in [7, 11) is 0. The maximum atomic E-state index is 12.0. The van der Waals surface area contributed by atoms with Gasteiger partial charge in [-0.2, -0.15) is 0 Å². The number of hydrogen-bond donors (Lipinski definition) is 3. The second-order valence-corrected chi connectivity index (χ2v) is 5.68. The molecule has 0 aliphatic heterocycles. The summed E-state index contributed by atoms with van der Waals surface area (Å²) < 4.78 is 0. The topological polar surface area (TPSA) is 95.1 Å². The fourth-order valence-electron chi connectivity index (χ4n) is 1.71. The molecule has 1 aromatic heterocycles. The van der Waals surface area contributed by atoms with E-state index in [2.05, 4.69) is 10.3 Å². The van der Waals surface area contributed by atoms with Gasteiger partial charge in [0.2, 0.25) is 0 Å². The number of nitrogens with one attached hydrogen (secondary N) is 2. The van der Waals surface area contributed by atoms with Crippen LogP contribution in [-0.2, 0) is 6.42 Å². The van der Waals surface area contributed by atoms with Crippen molar-refractivity contribution >= 4 is 12.0 Å². The zero-order valence-corrected chi connectivity index (χ0v) is 12.3. The van der Waals surface area contributed by atoms with Gasteiger partial charge in [0.1, 0.15) is 0 Å². The number of carbonyl (C=O) groups is 1. The van der Waals surface area contributed by atoms with Crippen molar-refractivity contribution in [3.8, 4) is 0 Å². The maximum Gasteiger partial charge on any atom is 0.324 e. The summed E-state index contributed by atoms with van der Waals surface area (Å²) in [4.78, 5) is 17.3. The number of nitrogens with zero attached hydrogens (tertiary/aromatic N) is 2. The molecule has 1 rings (SSSR count). The quantitative estimate of drug-likeness (QED) is 0.577. The van der Waals surface area contributed by atoms with Gasteiger partial charge in [-0.3, -0.25) is 15.3 Å². The molecule has 0 bridgehead atoms. The molecule has 1 aromatic rings. The van der Waals surface area contributed by atoms with E-state index in [-0.39, 0.29) is 17.5 Å². The van der Waals surface area contributed by atoms with Crippen molar-refractivity contribution in [2.75, 3.05) is 6.54 Å². The number of hydrogen-bond acceptors (Lipinski definition) is 3. The molecule has 20 heavy (non-hydrogen) atoms. The monoisotopic (exact) mass is 277 g/mol. The van der Waals surface area contributed by atoms with Crippen LogP contribution in [0, 0.1) is 5.41 Å². The van der Waals surface area contributed by atoms with E-state index < -0.39 is 0 Å². The minimum Gasteiger partial charge on any atom is -0.370 e. The summed E-state index contributed by atoms with van der Waals surface area (Å²) in [6.07, 6.45) is 5.04. The van der Waals surface area contributed by atoms with Crippen LogP contribution in [-0.4, -0.2) is 34.0 Å². The number of amides is 2. The summed E-state index contributed by atoms with van der Waals surface area (Å²) in [5.74, 6) is -0.238. The highest BCUT2D eigenvalue weighted by molar-refractivity contribution is 5.94. The van der Waals surface area contributed by atoms with Gasteiger partial charge in [0.15, 0.2) is 5.96 Å². The van der Waals surface area contributed by atoms with Gasteiger partial charge < -0.3 is 11.1 Å². The summed E-state index contributed by atoms with van der Waals surface area (Å²) in [6, 6.07) is 3.53. The Balaban J connectivity index is 2.51. The molecule has 1 heterocycles. The first-order valence-corrected chi connectivity index (χ1v) is 6.62. The van der Waals surface area contributed by atoms with Crippen LogP contribution in [0.5, 0.6) is 0 Å². The zero-order valence-electron chi connectivity index (χ0n) is 12.3. The number of guanidine groups is 1. The van der Waals surface area contributed by atoms with Crippen LogP contribution in [0.2, 0.25) is 0 Å².